The number of hydrogen-bond acceptors (Lipinski definition) is 4. The molecular weight excluding hydrogens is 354 g/mol. The van der Waals surface area contributed by atoms with E-state index >= 15 is 0 Å². The highest BCUT2D eigenvalue weighted by Gasteiger charge is 2.21. The summed E-state index contributed by atoms with van der Waals surface area (Å²) in [5.74, 6) is 2.48. The first kappa shape index (κ1) is 19.7. The molecule has 1 unspecified atom stereocenters. The molecule has 146 valence electrons. The smallest absolute Gasteiger partial charge is 0.191 e. The third-order valence-electron chi connectivity index (χ3n) is 5.01. The van der Waals surface area contributed by atoms with Crippen LogP contribution < -0.4 is 15.5 Å². The van der Waals surface area contributed by atoms with E-state index in [1.807, 2.05) is 13.0 Å². The molecule has 1 fully saturated rings. The summed E-state index contributed by atoms with van der Waals surface area (Å²) in [6, 6.07) is 8.90. The highest BCUT2D eigenvalue weighted by atomic mass is 32.1. The van der Waals surface area contributed by atoms with Gasteiger partial charge in [-0.05, 0) is 61.2 Å². The summed E-state index contributed by atoms with van der Waals surface area (Å²) in [6.07, 6.45) is 2.19. The molecule has 1 aliphatic heterocycles. The van der Waals surface area contributed by atoms with Crippen LogP contribution in [0.15, 0.2) is 40.0 Å². The van der Waals surface area contributed by atoms with Gasteiger partial charge in [0.05, 0.1) is 0 Å². The van der Waals surface area contributed by atoms with Crippen molar-refractivity contribution in [2.45, 2.75) is 45.6 Å². The molecule has 2 aromatic rings. The average Bonchev–Trinajstić information content (AvgIpc) is 3.21. The molecule has 0 aromatic carbocycles. The third-order valence-corrected chi connectivity index (χ3v) is 5.71. The Hall–Kier alpha value is -2.08. The van der Waals surface area contributed by atoms with Gasteiger partial charge in [0, 0.05) is 43.8 Å². The molecule has 3 heterocycles. The standard InChI is InChI=1S/C21H31N5S/c1-4-22-21(23-14-16(2)18-10-13-27-15-18)25-19-8-11-26(12-9-19)20-7-5-6-17(3)24-20/h5-7,10,13,15-16,19H,4,8-9,11-12,14H2,1-3H3,(H2,22,23,25). The third kappa shape index (κ3) is 5.70. The van der Waals surface area contributed by atoms with Crippen molar-refractivity contribution >= 4 is 23.1 Å². The van der Waals surface area contributed by atoms with Gasteiger partial charge in [-0.15, -0.1) is 0 Å². The number of aliphatic imine (C=N–C) groups is 1. The highest BCUT2D eigenvalue weighted by molar-refractivity contribution is 7.07. The van der Waals surface area contributed by atoms with Gasteiger partial charge in [-0.1, -0.05) is 13.0 Å². The fourth-order valence-corrected chi connectivity index (χ4v) is 4.14. The second-order valence-corrected chi connectivity index (χ2v) is 8.00. The number of rotatable bonds is 6. The lowest BCUT2D eigenvalue weighted by Crippen LogP contribution is -2.49. The maximum absolute atomic E-state index is 4.83. The Kier molecular flexibility index (Phi) is 7.10. The highest BCUT2D eigenvalue weighted by Crippen LogP contribution is 2.19. The number of aryl methyl sites for hydroxylation is 1. The van der Waals surface area contributed by atoms with Gasteiger partial charge in [0.15, 0.2) is 5.96 Å². The van der Waals surface area contributed by atoms with Gasteiger partial charge in [0.1, 0.15) is 5.82 Å². The van der Waals surface area contributed by atoms with Crippen molar-refractivity contribution in [3.8, 4) is 0 Å². The minimum absolute atomic E-state index is 0.445. The maximum atomic E-state index is 4.83. The maximum Gasteiger partial charge on any atom is 0.191 e. The van der Waals surface area contributed by atoms with Crippen LogP contribution in [0.3, 0.4) is 0 Å². The summed E-state index contributed by atoms with van der Waals surface area (Å²) in [4.78, 5) is 11.9. The van der Waals surface area contributed by atoms with E-state index < -0.39 is 0 Å². The van der Waals surface area contributed by atoms with Gasteiger partial charge in [-0.3, -0.25) is 4.99 Å². The Labute approximate surface area is 166 Å². The fourth-order valence-electron chi connectivity index (χ4n) is 3.36. The molecule has 2 N–H and O–H groups in total. The first-order valence-electron chi connectivity index (χ1n) is 9.91. The predicted octanol–water partition coefficient (Wildman–Crippen LogP) is 3.78. The van der Waals surface area contributed by atoms with Crippen LogP contribution in [0.4, 0.5) is 5.82 Å². The van der Waals surface area contributed by atoms with Gasteiger partial charge in [-0.2, -0.15) is 11.3 Å². The summed E-state index contributed by atoms with van der Waals surface area (Å²) in [5, 5.41) is 11.4. The molecule has 0 saturated carbocycles. The largest absolute Gasteiger partial charge is 0.357 e. The van der Waals surface area contributed by atoms with Gasteiger partial charge in [0.2, 0.25) is 0 Å². The molecule has 0 spiro atoms. The SMILES string of the molecule is CCNC(=NCC(C)c1ccsc1)NC1CCN(c2cccc(C)n2)CC1. The van der Waals surface area contributed by atoms with Crippen molar-refractivity contribution in [1.82, 2.24) is 15.6 Å². The van der Waals surface area contributed by atoms with Crippen molar-refractivity contribution in [3.05, 3.63) is 46.3 Å². The van der Waals surface area contributed by atoms with Crippen molar-refractivity contribution in [3.63, 3.8) is 0 Å². The summed E-state index contributed by atoms with van der Waals surface area (Å²) in [7, 11) is 0. The summed E-state index contributed by atoms with van der Waals surface area (Å²) in [6.45, 7) is 10.1. The quantitative estimate of drug-likeness (QED) is 0.587. The van der Waals surface area contributed by atoms with Crippen LogP contribution >= 0.6 is 11.3 Å². The Morgan fingerprint density at radius 1 is 1.33 bits per heavy atom. The number of thiophene rings is 1. The molecule has 0 radical (unpaired) electrons. The van der Waals surface area contributed by atoms with Crippen LogP contribution in [0, 0.1) is 6.92 Å². The average molecular weight is 386 g/mol. The molecule has 0 bridgehead atoms. The van der Waals surface area contributed by atoms with E-state index in [0.717, 1.165) is 56.5 Å². The van der Waals surface area contributed by atoms with E-state index in [1.165, 1.54) is 5.56 Å². The zero-order valence-corrected chi connectivity index (χ0v) is 17.4. The van der Waals surface area contributed by atoms with E-state index in [2.05, 4.69) is 63.3 Å². The van der Waals surface area contributed by atoms with E-state index in [0.29, 0.717) is 12.0 Å². The molecule has 1 aliphatic rings. The Morgan fingerprint density at radius 2 is 2.15 bits per heavy atom. The van der Waals surface area contributed by atoms with Gasteiger partial charge in [-0.25, -0.2) is 4.98 Å². The number of aromatic nitrogens is 1. The number of anilines is 1. The summed E-state index contributed by atoms with van der Waals surface area (Å²) in [5.41, 5.74) is 2.45. The summed E-state index contributed by atoms with van der Waals surface area (Å²) < 4.78 is 0. The molecule has 0 amide bonds. The molecule has 2 aromatic heterocycles. The first-order valence-corrected chi connectivity index (χ1v) is 10.9. The molecule has 1 atom stereocenters. The topological polar surface area (TPSA) is 52.6 Å². The predicted molar refractivity (Wildman–Crippen MR) is 116 cm³/mol. The zero-order chi connectivity index (χ0) is 19.1. The molecule has 1 saturated heterocycles. The lowest BCUT2D eigenvalue weighted by molar-refractivity contribution is 0.459. The number of piperidine rings is 1. The van der Waals surface area contributed by atoms with Crippen molar-refractivity contribution in [2.75, 3.05) is 31.1 Å². The molecule has 6 heteroatoms. The number of guanidine groups is 1. The molecule has 0 aliphatic carbocycles. The molecule has 3 rings (SSSR count). The Bertz CT molecular complexity index is 720. The van der Waals surface area contributed by atoms with E-state index in [9.17, 15) is 0 Å². The lowest BCUT2D eigenvalue weighted by Gasteiger charge is -2.34. The van der Waals surface area contributed by atoms with Gasteiger partial charge >= 0.3 is 0 Å². The normalized spacial score (nSPS) is 17.0. The number of hydrogen-bond donors (Lipinski definition) is 2. The van der Waals surface area contributed by atoms with Crippen molar-refractivity contribution in [2.24, 2.45) is 4.99 Å². The molecule has 27 heavy (non-hydrogen) atoms. The number of nitrogens with one attached hydrogen (secondary N) is 2. The van der Waals surface area contributed by atoms with E-state index in [-0.39, 0.29) is 0 Å². The minimum Gasteiger partial charge on any atom is -0.357 e. The van der Waals surface area contributed by atoms with Crippen molar-refractivity contribution < 1.29 is 0 Å². The second kappa shape index (κ2) is 9.74. The van der Waals surface area contributed by atoms with Crippen LogP contribution in [-0.2, 0) is 0 Å². The second-order valence-electron chi connectivity index (χ2n) is 7.22. The fraction of sp³-hybridized carbons (Fsp3) is 0.524. The first-order chi connectivity index (χ1) is 13.2. The molecule has 5 nitrogen and oxygen atoms in total. The van der Waals surface area contributed by atoms with Crippen LogP contribution in [0.2, 0.25) is 0 Å². The Balaban J connectivity index is 1.52. The summed E-state index contributed by atoms with van der Waals surface area (Å²) >= 11 is 1.75. The number of pyridine rings is 1. The van der Waals surface area contributed by atoms with Crippen LogP contribution in [0.5, 0.6) is 0 Å². The molecular formula is C21H31N5S. The van der Waals surface area contributed by atoms with E-state index in [1.54, 1.807) is 11.3 Å². The zero-order valence-electron chi connectivity index (χ0n) is 16.6. The van der Waals surface area contributed by atoms with Crippen LogP contribution in [0.25, 0.3) is 0 Å². The van der Waals surface area contributed by atoms with Crippen LogP contribution in [0.1, 0.15) is 43.9 Å². The van der Waals surface area contributed by atoms with Gasteiger partial charge < -0.3 is 15.5 Å². The monoisotopic (exact) mass is 385 g/mol. The number of nitrogens with zero attached hydrogens (tertiary/aromatic N) is 3. The van der Waals surface area contributed by atoms with Gasteiger partial charge in [0.25, 0.3) is 0 Å². The van der Waals surface area contributed by atoms with E-state index in [4.69, 9.17) is 4.99 Å². The van der Waals surface area contributed by atoms with Crippen LogP contribution in [-0.4, -0.2) is 43.2 Å². The minimum atomic E-state index is 0.445. The van der Waals surface area contributed by atoms with Crippen molar-refractivity contribution in [1.29, 1.82) is 0 Å². The lowest BCUT2D eigenvalue weighted by atomic mass is 10.0. The Morgan fingerprint density at radius 3 is 2.81 bits per heavy atom.